The number of likely N-dealkylation sites (tertiary alicyclic amines) is 1. The van der Waals surface area contributed by atoms with Crippen molar-refractivity contribution in [2.75, 3.05) is 19.7 Å². The number of ether oxygens (including phenoxy) is 1. The Morgan fingerprint density at radius 1 is 1.05 bits per heavy atom. The van der Waals surface area contributed by atoms with E-state index in [1.165, 1.54) is 5.56 Å². The molecule has 1 saturated heterocycles. The summed E-state index contributed by atoms with van der Waals surface area (Å²) in [7, 11) is 0. The Balaban J connectivity index is 1.37. The van der Waals surface area contributed by atoms with E-state index in [2.05, 4.69) is 35.2 Å². The van der Waals surface area contributed by atoms with Gasteiger partial charge in [-0.1, -0.05) is 30.3 Å². The molecule has 3 rings (SSSR count). The second-order valence-corrected chi connectivity index (χ2v) is 6.24. The molecule has 0 atom stereocenters. The molecule has 20 heavy (non-hydrogen) atoms. The van der Waals surface area contributed by atoms with E-state index in [4.69, 9.17) is 9.84 Å². The van der Waals surface area contributed by atoms with Gasteiger partial charge < -0.3 is 9.84 Å². The van der Waals surface area contributed by atoms with Crippen molar-refractivity contribution in [2.24, 2.45) is 5.92 Å². The molecule has 3 nitrogen and oxygen atoms in total. The zero-order valence-electron chi connectivity index (χ0n) is 12.1. The number of piperidine rings is 1. The minimum absolute atomic E-state index is 0.329. The number of aliphatic hydroxyl groups is 1. The van der Waals surface area contributed by atoms with Crippen molar-refractivity contribution < 1.29 is 9.84 Å². The Morgan fingerprint density at radius 2 is 1.75 bits per heavy atom. The molecule has 0 spiro atoms. The first kappa shape index (κ1) is 14.1. The molecule has 0 bridgehead atoms. The highest BCUT2D eigenvalue weighted by Crippen LogP contribution is 2.32. The smallest absolute Gasteiger partial charge is 0.0603 e. The third-order valence-electron chi connectivity index (χ3n) is 4.62. The molecule has 2 aliphatic rings. The minimum Gasteiger partial charge on any atom is -0.396 e. The van der Waals surface area contributed by atoms with Crippen molar-refractivity contribution in [1.82, 2.24) is 4.90 Å². The second-order valence-electron chi connectivity index (χ2n) is 6.24. The number of benzene rings is 1. The number of rotatable bonds is 5. The highest BCUT2D eigenvalue weighted by atomic mass is 16.5. The number of hydrogen-bond donors (Lipinski definition) is 1. The van der Waals surface area contributed by atoms with E-state index in [9.17, 15) is 0 Å². The van der Waals surface area contributed by atoms with Crippen LogP contribution in [0.3, 0.4) is 0 Å². The molecule has 3 heteroatoms. The SMILES string of the molecule is OCC1CC(OC2CCN(Cc3ccccc3)CC2)C1. The maximum Gasteiger partial charge on any atom is 0.0603 e. The molecule has 1 heterocycles. The molecular weight excluding hydrogens is 250 g/mol. The van der Waals surface area contributed by atoms with E-state index in [0.717, 1.165) is 45.3 Å². The van der Waals surface area contributed by atoms with Crippen molar-refractivity contribution in [1.29, 1.82) is 0 Å². The third-order valence-corrected chi connectivity index (χ3v) is 4.62. The minimum atomic E-state index is 0.329. The van der Waals surface area contributed by atoms with Crippen LogP contribution in [0.2, 0.25) is 0 Å². The summed E-state index contributed by atoms with van der Waals surface area (Å²) < 4.78 is 6.12. The fourth-order valence-corrected chi connectivity index (χ4v) is 3.25. The van der Waals surface area contributed by atoms with Gasteiger partial charge in [0, 0.05) is 26.2 Å². The molecule has 1 aromatic rings. The molecule has 1 N–H and O–H groups in total. The summed E-state index contributed by atoms with van der Waals surface area (Å²) in [5.74, 6) is 0.498. The zero-order chi connectivity index (χ0) is 13.8. The lowest BCUT2D eigenvalue weighted by molar-refractivity contribution is -0.101. The zero-order valence-corrected chi connectivity index (χ0v) is 12.1. The Labute approximate surface area is 121 Å². The molecule has 0 amide bonds. The van der Waals surface area contributed by atoms with Crippen molar-refractivity contribution in [3.8, 4) is 0 Å². The largest absolute Gasteiger partial charge is 0.396 e. The van der Waals surface area contributed by atoms with Gasteiger partial charge in [-0.25, -0.2) is 0 Å². The fourth-order valence-electron chi connectivity index (χ4n) is 3.25. The molecule has 2 fully saturated rings. The molecule has 110 valence electrons. The Bertz CT molecular complexity index is 395. The summed E-state index contributed by atoms with van der Waals surface area (Å²) >= 11 is 0. The first-order valence-electron chi connectivity index (χ1n) is 7.86. The van der Waals surface area contributed by atoms with Crippen LogP contribution in [0.4, 0.5) is 0 Å². The van der Waals surface area contributed by atoms with Crippen LogP contribution < -0.4 is 0 Å². The molecule has 0 aromatic heterocycles. The van der Waals surface area contributed by atoms with Crippen molar-refractivity contribution in [3.05, 3.63) is 35.9 Å². The van der Waals surface area contributed by atoms with Gasteiger partial charge >= 0.3 is 0 Å². The van der Waals surface area contributed by atoms with E-state index in [-0.39, 0.29) is 0 Å². The van der Waals surface area contributed by atoms with Crippen LogP contribution in [0.5, 0.6) is 0 Å². The van der Waals surface area contributed by atoms with Crippen LogP contribution in [0.1, 0.15) is 31.2 Å². The second kappa shape index (κ2) is 6.70. The Hall–Kier alpha value is -0.900. The Morgan fingerprint density at radius 3 is 2.40 bits per heavy atom. The van der Waals surface area contributed by atoms with Crippen molar-refractivity contribution >= 4 is 0 Å². The topological polar surface area (TPSA) is 32.7 Å². The van der Waals surface area contributed by atoms with Gasteiger partial charge in [-0.15, -0.1) is 0 Å². The van der Waals surface area contributed by atoms with Gasteiger partial charge in [-0.2, -0.15) is 0 Å². The van der Waals surface area contributed by atoms with Crippen LogP contribution in [0, 0.1) is 5.92 Å². The van der Waals surface area contributed by atoms with Gasteiger partial charge in [0.25, 0.3) is 0 Å². The van der Waals surface area contributed by atoms with Gasteiger partial charge in [-0.05, 0) is 37.2 Å². The standard InChI is InChI=1S/C17H25NO2/c19-13-15-10-17(11-15)20-16-6-8-18(9-7-16)12-14-4-2-1-3-5-14/h1-5,15-17,19H,6-13H2. The molecule has 0 unspecified atom stereocenters. The van der Waals surface area contributed by atoms with Crippen LogP contribution in [0.15, 0.2) is 30.3 Å². The number of nitrogens with zero attached hydrogens (tertiary/aromatic N) is 1. The summed E-state index contributed by atoms with van der Waals surface area (Å²) in [4.78, 5) is 2.52. The third kappa shape index (κ3) is 3.60. The summed E-state index contributed by atoms with van der Waals surface area (Å²) in [6.45, 7) is 3.66. The van der Waals surface area contributed by atoms with Gasteiger partial charge in [0.2, 0.25) is 0 Å². The average Bonchev–Trinajstić information content (AvgIpc) is 2.45. The molecule has 0 radical (unpaired) electrons. The van der Waals surface area contributed by atoms with Gasteiger partial charge in [0.15, 0.2) is 0 Å². The summed E-state index contributed by atoms with van der Waals surface area (Å²) in [5, 5.41) is 9.02. The molecule has 1 aliphatic heterocycles. The quantitative estimate of drug-likeness (QED) is 0.896. The van der Waals surface area contributed by atoms with E-state index < -0.39 is 0 Å². The highest BCUT2D eigenvalue weighted by molar-refractivity contribution is 5.14. The molecule has 1 aliphatic carbocycles. The lowest BCUT2D eigenvalue weighted by Crippen LogP contribution is -2.41. The summed E-state index contributed by atoms with van der Waals surface area (Å²) in [5.41, 5.74) is 1.40. The Kier molecular flexibility index (Phi) is 4.71. The highest BCUT2D eigenvalue weighted by Gasteiger charge is 2.32. The monoisotopic (exact) mass is 275 g/mol. The van der Waals surface area contributed by atoms with Crippen LogP contribution >= 0.6 is 0 Å². The fraction of sp³-hybridized carbons (Fsp3) is 0.647. The predicted molar refractivity (Wildman–Crippen MR) is 79.4 cm³/mol. The van der Waals surface area contributed by atoms with Crippen LogP contribution in [-0.2, 0) is 11.3 Å². The first-order valence-corrected chi connectivity index (χ1v) is 7.86. The lowest BCUT2D eigenvalue weighted by Gasteiger charge is -2.39. The van der Waals surface area contributed by atoms with Crippen LogP contribution in [0.25, 0.3) is 0 Å². The molecule has 1 saturated carbocycles. The van der Waals surface area contributed by atoms with E-state index in [1.54, 1.807) is 0 Å². The maximum atomic E-state index is 9.02. The van der Waals surface area contributed by atoms with Crippen molar-refractivity contribution in [2.45, 2.75) is 44.4 Å². The first-order chi connectivity index (χ1) is 9.83. The van der Waals surface area contributed by atoms with E-state index >= 15 is 0 Å². The molecular formula is C17H25NO2. The van der Waals surface area contributed by atoms with Gasteiger partial charge in [0.05, 0.1) is 12.2 Å². The van der Waals surface area contributed by atoms with E-state index in [1.807, 2.05) is 0 Å². The summed E-state index contributed by atoms with van der Waals surface area (Å²) in [6.07, 6.45) is 5.26. The van der Waals surface area contributed by atoms with E-state index in [0.29, 0.717) is 24.7 Å². The average molecular weight is 275 g/mol. The van der Waals surface area contributed by atoms with Gasteiger partial charge in [-0.3, -0.25) is 4.90 Å². The van der Waals surface area contributed by atoms with Gasteiger partial charge in [0.1, 0.15) is 0 Å². The normalized spacial score (nSPS) is 28.2. The summed E-state index contributed by atoms with van der Waals surface area (Å²) in [6, 6.07) is 10.7. The number of aliphatic hydroxyl groups excluding tert-OH is 1. The number of hydrogen-bond acceptors (Lipinski definition) is 3. The maximum absolute atomic E-state index is 9.02. The predicted octanol–water partition coefficient (Wildman–Crippen LogP) is 2.44. The molecule has 1 aromatic carbocycles. The van der Waals surface area contributed by atoms with Crippen LogP contribution in [-0.4, -0.2) is 41.9 Å². The van der Waals surface area contributed by atoms with Crippen molar-refractivity contribution in [3.63, 3.8) is 0 Å². The lowest BCUT2D eigenvalue weighted by atomic mass is 9.83.